The second kappa shape index (κ2) is 5.53. The van der Waals surface area contributed by atoms with E-state index in [9.17, 15) is 0 Å². The van der Waals surface area contributed by atoms with Gasteiger partial charge in [0.1, 0.15) is 0 Å². The minimum Gasteiger partial charge on any atom is -0.360 e. The van der Waals surface area contributed by atoms with Gasteiger partial charge in [0, 0.05) is 6.07 Å². The van der Waals surface area contributed by atoms with Crippen molar-refractivity contribution in [3.8, 4) is 0 Å². The van der Waals surface area contributed by atoms with Crippen LogP contribution in [0.25, 0.3) is 0 Å². The normalized spacial score (nSPS) is 7.80. The Morgan fingerprint density at radius 3 is 2.40 bits per heavy atom. The van der Waals surface area contributed by atoms with E-state index in [1.807, 2.05) is 13.0 Å². The second-order valence-corrected chi connectivity index (χ2v) is 1.64. The number of nitrogens with zero attached hydrogens (tertiary/aromatic N) is 1. The summed E-state index contributed by atoms with van der Waals surface area (Å²) in [5.74, 6) is 0.738. The topological polar surface area (TPSA) is 52.0 Å². The van der Waals surface area contributed by atoms with Crippen LogP contribution in [0.15, 0.2) is 10.6 Å². The van der Waals surface area contributed by atoms with Gasteiger partial charge in [0.25, 0.3) is 0 Å². The zero-order valence-corrected chi connectivity index (χ0v) is 7.17. The number of aromatic nitrogens is 1. The third-order valence-electron chi connectivity index (χ3n) is 0.878. The highest BCUT2D eigenvalue weighted by atomic mass is 35.5. The molecule has 0 spiro atoms. The van der Waals surface area contributed by atoms with Crippen molar-refractivity contribution in [3.63, 3.8) is 0 Å². The van der Waals surface area contributed by atoms with E-state index >= 15 is 0 Å². The molecule has 0 aromatic carbocycles. The van der Waals surface area contributed by atoms with Gasteiger partial charge in [0.15, 0.2) is 5.76 Å². The lowest BCUT2D eigenvalue weighted by Crippen LogP contribution is -1.92. The molecule has 10 heavy (non-hydrogen) atoms. The molecular formula is C5H10Cl2N2O. The van der Waals surface area contributed by atoms with Gasteiger partial charge < -0.3 is 10.3 Å². The lowest BCUT2D eigenvalue weighted by atomic mass is 10.4. The van der Waals surface area contributed by atoms with E-state index < -0.39 is 0 Å². The first kappa shape index (κ1) is 12.4. The summed E-state index contributed by atoms with van der Waals surface area (Å²) >= 11 is 0. The first-order valence-corrected chi connectivity index (χ1v) is 2.45. The minimum atomic E-state index is 0. The lowest BCUT2D eigenvalue weighted by molar-refractivity contribution is 0.381. The average molecular weight is 185 g/mol. The maximum Gasteiger partial charge on any atom is 0.150 e. The van der Waals surface area contributed by atoms with Gasteiger partial charge in [-0.25, -0.2) is 0 Å². The summed E-state index contributed by atoms with van der Waals surface area (Å²) in [6.45, 7) is 2.30. The Balaban J connectivity index is 0. The minimum absolute atomic E-state index is 0. The molecule has 5 heteroatoms. The van der Waals surface area contributed by atoms with Crippen LogP contribution in [0.2, 0.25) is 0 Å². The van der Waals surface area contributed by atoms with Crippen LogP contribution in [0.4, 0.5) is 0 Å². The van der Waals surface area contributed by atoms with Gasteiger partial charge in [0.2, 0.25) is 0 Å². The van der Waals surface area contributed by atoms with Crippen LogP contribution in [0.5, 0.6) is 0 Å². The second-order valence-electron chi connectivity index (χ2n) is 1.64. The number of nitrogens with two attached hydrogens (primary N) is 1. The van der Waals surface area contributed by atoms with Gasteiger partial charge in [-0.3, -0.25) is 0 Å². The lowest BCUT2D eigenvalue weighted by Gasteiger charge is -1.77. The summed E-state index contributed by atoms with van der Waals surface area (Å²) in [4.78, 5) is 0. The monoisotopic (exact) mass is 184 g/mol. The van der Waals surface area contributed by atoms with Gasteiger partial charge in [-0.2, -0.15) is 0 Å². The molecule has 2 N–H and O–H groups in total. The van der Waals surface area contributed by atoms with Crippen molar-refractivity contribution in [2.45, 2.75) is 13.5 Å². The zero-order chi connectivity index (χ0) is 5.98. The van der Waals surface area contributed by atoms with Crippen molar-refractivity contribution in [1.82, 2.24) is 5.16 Å². The summed E-state index contributed by atoms with van der Waals surface area (Å²) in [7, 11) is 0. The Hall–Kier alpha value is -0.250. The maximum atomic E-state index is 5.23. The van der Waals surface area contributed by atoms with Crippen LogP contribution < -0.4 is 5.73 Å². The fourth-order valence-electron chi connectivity index (χ4n) is 0.513. The Morgan fingerprint density at radius 1 is 1.60 bits per heavy atom. The highest BCUT2D eigenvalue weighted by molar-refractivity contribution is 5.85. The molecular weight excluding hydrogens is 175 g/mol. The van der Waals surface area contributed by atoms with Gasteiger partial charge in [-0.1, -0.05) is 5.16 Å². The van der Waals surface area contributed by atoms with Gasteiger partial charge in [0.05, 0.1) is 12.2 Å². The summed E-state index contributed by atoms with van der Waals surface area (Å²) < 4.78 is 4.74. The predicted molar refractivity (Wildman–Crippen MR) is 43.6 cm³/mol. The largest absolute Gasteiger partial charge is 0.360 e. The maximum absolute atomic E-state index is 5.23. The molecule has 0 radical (unpaired) electrons. The average Bonchev–Trinajstić information content (AvgIpc) is 2.14. The number of rotatable bonds is 1. The number of halogens is 2. The van der Waals surface area contributed by atoms with E-state index in [0.717, 1.165) is 11.5 Å². The van der Waals surface area contributed by atoms with E-state index in [1.165, 1.54) is 0 Å². The third kappa shape index (κ3) is 3.06. The van der Waals surface area contributed by atoms with Crippen LogP contribution in [0.3, 0.4) is 0 Å². The van der Waals surface area contributed by atoms with Gasteiger partial charge >= 0.3 is 0 Å². The van der Waals surface area contributed by atoms with Crippen LogP contribution in [-0.2, 0) is 6.54 Å². The molecule has 0 bridgehead atoms. The van der Waals surface area contributed by atoms with Crippen molar-refractivity contribution in [2.75, 3.05) is 0 Å². The van der Waals surface area contributed by atoms with E-state index in [0.29, 0.717) is 6.54 Å². The molecule has 0 fully saturated rings. The molecule has 0 saturated carbocycles. The first-order valence-electron chi connectivity index (χ1n) is 2.45. The number of hydrogen-bond donors (Lipinski definition) is 1. The Kier molecular flexibility index (Phi) is 6.87. The van der Waals surface area contributed by atoms with Crippen molar-refractivity contribution in [1.29, 1.82) is 0 Å². The number of hydrogen-bond acceptors (Lipinski definition) is 3. The molecule has 0 aliphatic rings. The molecule has 1 aromatic rings. The smallest absolute Gasteiger partial charge is 0.150 e. The highest BCUT2D eigenvalue weighted by Gasteiger charge is 1.93. The van der Waals surface area contributed by atoms with Crippen LogP contribution in [0.1, 0.15) is 11.5 Å². The molecule has 0 aliphatic carbocycles. The van der Waals surface area contributed by atoms with E-state index in [1.54, 1.807) is 0 Å². The summed E-state index contributed by atoms with van der Waals surface area (Å²) in [6, 6.07) is 1.82. The molecule has 0 saturated heterocycles. The third-order valence-corrected chi connectivity index (χ3v) is 0.878. The van der Waals surface area contributed by atoms with Crippen molar-refractivity contribution >= 4 is 24.8 Å². The Bertz CT molecular complexity index is 178. The molecule has 1 heterocycles. The first-order chi connectivity index (χ1) is 3.83. The predicted octanol–water partition coefficient (Wildman–Crippen LogP) is 1.29. The highest BCUT2D eigenvalue weighted by Crippen LogP contribution is 1.98. The van der Waals surface area contributed by atoms with E-state index in [2.05, 4.69) is 5.16 Å². The molecule has 60 valence electrons. The molecule has 0 atom stereocenters. The quantitative estimate of drug-likeness (QED) is 0.716. The molecule has 0 unspecified atom stereocenters. The summed E-state index contributed by atoms with van der Waals surface area (Å²) in [5, 5.41) is 3.63. The standard InChI is InChI=1S/C5H8N2O.2ClH/c1-4-2-5(3-6)8-7-4;;/h2H,3,6H2,1H3;2*1H. The molecule has 0 amide bonds. The van der Waals surface area contributed by atoms with Crippen molar-refractivity contribution in [3.05, 3.63) is 17.5 Å². The van der Waals surface area contributed by atoms with E-state index in [4.69, 9.17) is 10.3 Å². The molecule has 1 rings (SSSR count). The molecule has 1 aromatic heterocycles. The van der Waals surface area contributed by atoms with E-state index in [-0.39, 0.29) is 24.8 Å². The van der Waals surface area contributed by atoms with Gasteiger partial charge in [-0.15, -0.1) is 24.8 Å². The van der Waals surface area contributed by atoms with Crippen LogP contribution in [0, 0.1) is 6.92 Å². The van der Waals surface area contributed by atoms with Crippen LogP contribution in [-0.4, -0.2) is 5.16 Å². The SMILES string of the molecule is Cc1cc(CN)on1.Cl.Cl. The number of aryl methyl sites for hydroxylation is 1. The fraction of sp³-hybridized carbons (Fsp3) is 0.400. The molecule has 3 nitrogen and oxygen atoms in total. The zero-order valence-electron chi connectivity index (χ0n) is 5.53. The fourth-order valence-corrected chi connectivity index (χ4v) is 0.513. The Labute approximate surface area is 71.8 Å². The van der Waals surface area contributed by atoms with Crippen LogP contribution >= 0.6 is 24.8 Å². The van der Waals surface area contributed by atoms with Gasteiger partial charge in [-0.05, 0) is 6.92 Å². The summed E-state index contributed by atoms with van der Waals surface area (Å²) in [6.07, 6.45) is 0. The molecule has 0 aliphatic heterocycles. The Morgan fingerprint density at radius 2 is 2.20 bits per heavy atom. The van der Waals surface area contributed by atoms with Crippen molar-refractivity contribution in [2.24, 2.45) is 5.73 Å². The van der Waals surface area contributed by atoms with Crippen molar-refractivity contribution < 1.29 is 4.52 Å². The summed E-state index contributed by atoms with van der Waals surface area (Å²) in [5.41, 5.74) is 6.11.